The van der Waals surface area contributed by atoms with Crippen LogP contribution in [0, 0.1) is 24.7 Å². The van der Waals surface area contributed by atoms with E-state index in [0.29, 0.717) is 35.1 Å². The SMILES string of the molecule is COc1cc(C(=O)N2CC3CCC2[C@@H]3C)cc2nc(-c3cc4ccc(Nc5ccnc(C)c5)nc4n3CC3CC3)n(C)c12. The number of anilines is 2. The quantitative estimate of drug-likeness (QED) is 0.244. The van der Waals surface area contributed by atoms with Gasteiger partial charge in [0.2, 0.25) is 0 Å². The van der Waals surface area contributed by atoms with Crippen molar-refractivity contribution in [2.24, 2.45) is 24.8 Å². The molecule has 1 saturated heterocycles. The van der Waals surface area contributed by atoms with E-state index in [1.165, 1.54) is 19.3 Å². The van der Waals surface area contributed by atoms with Crippen molar-refractivity contribution in [3.8, 4) is 17.3 Å². The number of fused-ring (bicyclic) bond motifs is 4. The molecule has 0 radical (unpaired) electrons. The second-order valence-corrected chi connectivity index (χ2v) is 12.8. The van der Waals surface area contributed by atoms with Gasteiger partial charge >= 0.3 is 0 Å². The Bertz CT molecular complexity index is 1900. The molecule has 4 aromatic heterocycles. The van der Waals surface area contributed by atoms with Crippen molar-refractivity contribution in [2.45, 2.75) is 52.1 Å². The predicted molar refractivity (Wildman–Crippen MR) is 168 cm³/mol. The number of carbonyl (C=O) groups is 1. The summed E-state index contributed by atoms with van der Waals surface area (Å²) in [7, 11) is 3.70. The molecule has 9 nitrogen and oxygen atoms in total. The summed E-state index contributed by atoms with van der Waals surface area (Å²) < 4.78 is 10.3. The van der Waals surface area contributed by atoms with Crippen molar-refractivity contribution in [3.05, 3.63) is 59.9 Å². The van der Waals surface area contributed by atoms with Crippen LogP contribution in [0.5, 0.6) is 5.75 Å². The second kappa shape index (κ2) is 9.82. The number of methoxy groups -OCH3 is 1. The molecule has 2 bridgehead atoms. The molecule has 3 aliphatic rings. The molecule has 1 aliphatic heterocycles. The van der Waals surface area contributed by atoms with Crippen molar-refractivity contribution in [3.63, 3.8) is 0 Å². The Balaban J connectivity index is 1.21. The minimum Gasteiger partial charge on any atom is -0.494 e. The fourth-order valence-electron chi connectivity index (χ4n) is 7.42. The molecule has 5 heterocycles. The van der Waals surface area contributed by atoms with Gasteiger partial charge in [0, 0.05) is 54.7 Å². The van der Waals surface area contributed by atoms with E-state index in [2.05, 4.69) is 43.4 Å². The zero-order chi connectivity index (χ0) is 29.4. The molecule has 5 aromatic rings. The maximum atomic E-state index is 13.8. The zero-order valence-electron chi connectivity index (χ0n) is 25.2. The number of aromatic nitrogens is 5. The second-order valence-electron chi connectivity index (χ2n) is 12.8. The number of likely N-dealkylation sites (tertiary alicyclic amines) is 1. The zero-order valence-corrected chi connectivity index (χ0v) is 25.2. The van der Waals surface area contributed by atoms with E-state index in [4.69, 9.17) is 14.7 Å². The first-order valence-corrected chi connectivity index (χ1v) is 15.4. The predicted octanol–water partition coefficient (Wildman–Crippen LogP) is 6.33. The van der Waals surface area contributed by atoms with Gasteiger partial charge in [0.15, 0.2) is 5.82 Å². The molecule has 2 unspecified atom stereocenters. The Kier molecular flexibility index (Phi) is 6.00. The Hall–Kier alpha value is -4.40. The van der Waals surface area contributed by atoms with Crippen LogP contribution in [-0.4, -0.2) is 54.6 Å². The van der Waals surface area contributed by atoms with Crippen LogP contribution in [-0.2, 0) is 13.6 Å². The number of piperidine rings is 1. The van der Waals surface area contributed by atoms with Crippen molar-refractivity contribution < 1.29 is 9.53 Å². The lowest BCUT2D eigenvalue weighted by molar-refractivity contribution is 0.0696. The van der Waals surface area contributed by atoms with Crippen molar-refractivity contribution in [1.29, 1.82) is 0 Å². The third-order valence-corrected chi connectivity index (χ3v) is 9.96. The van der Waals surface area contributed by atoms with E-state index in [1.807, 2.05) is 44.3 Å². The van der Waals surface area contributed by atoms with E-state index in [0.717, 1.165) is 70.3 Å². The molecule has 1 aromatic carbocycles. The van der Waals surface area contributed by atoms with Crippen LogP contribution in [0.15, 0.2) is 48.7 Å². The summed E-state index contributed by atoms with van der Waals surface area (Å²) in [6.45, 7) is 6.02. The summed E-state index contributed by atoms with van der Waals surface area (Å²) in [5.74, 6) is 4.21. The average molecular weight is 576 g/mol. The van der Waals surface area contributed by atoms with Crippen LogP contribution in [0.25, 0.3) is 33.6 Å². The lowest BCUT2D eigenvalue weighted by atomic mass is 10.0. The third kappa shape index (κ3) is 4.36. The highest BCUT2D eigenvalue weighted by atomic mass is 16.5. The molecule has 8 rings (SSSR count). The molecular weight excluding hydrogens is 538 g/mol. The van der Waals surface area contributed by atoms with Gasteiger partial charge in [0.1, 0.15) is 22.7 Å². The van der Waals surface area contributed by atoms with Gasteiger partial charge in [0.05, 0.1) is 18.3 Å². The monoisotopic (exact) mass is 575 g/mol. The minimum absolute atomic E-state index is 0.0860. The van der Waals surface area contributed by atoms with Crippen molar-refractivity contribution >= 4 is 39.5 Å². The number of pyridine rings is 2. The highest BCUT2D eigenvalue weighted by Crippen LogP contribution is 2.44. The molecular formula is C34H37N7O2. The number of carbonyl (C=O) groups excluding carboxylic acids is 1. The van der Waals surface area contributed by atoms with Crippen LogP contribution >= 0.6 is 0 Å². The molecule has 43 heavy (non-hydrogen) atoms. The molecule has 2 aliphatic carbocycles. The molecule has 3 fully saturated rings. The minimum atomic E-state index is 0.0860. The third-order valence-electron chi connectivity index (χ3n) is 9.96. The molecule has 0 spiro atoms. The van der Waals surface area contributed by atoms with Gasteiger partial charge in [-0.25, -0.2) is 9.97 Å². The lowest BCUT2D eigenvalue weighted by Crippen LogP contribution is -2.38. The number of hydrogen-bond acceptors (Lipinski definition) is 6. The number of nitrogens with zero attached hydrogens (tertiary/aromatic N) is 6. The Morgan fingerprint density at radius 3 is 2.65 bits per heavy atom. The molecule has 220 valence electrons. The van der Waals surface area contributed by atoms with Crippen LogP contribution < -0.4 is 10.1 Å². The first-order chi connectivity index (χ1) is 20.9. The Morgan fingerprint density at radius 2 is 1.93 bits per heavy atom. The molecule has 1 amide bonds. The number of amides is 1. The summed E-state index contributed by atoms with van der Waals surface area (Å²) in [5, 5.41) is 4.51. The summed E-state index contributed by atoms with van der Waals surface area (Å²) >= 11 is 0. The van der Waals surface area contributed by atoms with Crippen LogP contribution in [0.2, 0.25) is 0 Å². The van der Waals surface area contributed by atoms with Gasteiger partial charge in [-0.1, -0.05) is 6.92 Å². The number of rotatable bonds is 7. The van der Waals surface area contributed by atoms with E-state index < -0.39 is 0 Å². The first kappa shape index (κ1) is 26.2. The number of nitrogens with one attached hydrogen (secondary N) is 1. The van der Waals surface area contributed by atoms with Gasteiger partial charge in [-0.05, 0) is 92.8 Å². The van der Waals surface area contributed by atoms with E-state index in [-0.39, 0.29) is 5.91 Å². The number of ether oxygens (including phenoxy) is 1. The van der Waals surface area contributed by atoms with E-state index in [1.54, 1.807) is 13.3 Å². The van der Waals surface area contributed by atoms with E-state index >= 15 is 0 Å². The standard InChI is InChI=1S/C34H37N7O2/c1-19-13-25(11-12-35-19)36-30-10-8-22-15-28(40(32(22)38-30)17-21-5-6-21)33-37-26-14-24(16-29(43-4)31(26)39(33)3)34(42)41-18-23-7-9-27(41)20(23)2/h8,10-16,20-21,23,27H,5-7,9,17-18H2,1-4H3,(H,35,36,38)/t20-,23?,27?/m1/s1. The first-order valence-electron chi connectivity index (χ1n) is 15.4. The summed E-state index contributed by atoms with van der Waals surface area (Å²) in [6.07, 6.45) is 6.59. The maximum Gasteiger partial charge on any atom is 0.254 e. The largest absolute Gasteiger partial charge is 0.494 e. The van der Waals surface area contributed by atoms with Crippen LogP contribution in [0.1, 0.15) is 48.7 Å². The fraction of sp³-hybridized carbons (Fsp3) is 0.412. The van der Waals surface area contributed by atoms with Crippen molar-refractivity contribution in [2.75, 3.05) is 19.0 Å². The fourth-order valence-corrected chi connectivity index (χ4v) is 7.42. The average Bonchev–Trinajstić information content (AvgIpc) is 3.41. The van der Waals surface area contributed by atoms with Gasteiger partial charge in [-0.3, -0.25) is 9.78 Å². The summed E-state index contributed by atoms with van der Waals surface area (Å²) in [6, 6.07) is 14.5. The molecule has 2 saturated carbocycles. The molecule has 9 heteroatoms. The number of benzene rings is 1. The van der Waals surface area contributed by atoms with Gasteiger partial charge in [-0.2, -0.15) is 0 Å². The summed E-state index contributed by atoms with van der Waals surface area (Å²) in [4.78, 5) is 30.4. The van der Waals surface area contributed by atoms with Crippen LogP contribution in [0.3, 0.4) is 0 Å². The van der Waals surface area contributed by atoms with E-state index in [9.17, 15) is 4.79 Å². The van der Waals surface area contributed by atoms with Gasteiger partial charge < -0.3 is 24.1 Å². The summed E-state index contributed by atoms with van der Waals surface area (Å²) in [5.41, 5.74) is 6.17. The Labute approximate surface area is 250 Å². The van der Waals surface area contributed by atoms with Gasteiger partial charge in [0.25, 0.3) is 5.91 Å². The number of hydrogen-bond donors (Lipinski definition) is 1. The highest BCUT2D eigenvalue weighted by molar-refractivity contribution is 6.00. The smallest absolute Gasteiger partial charge is 0.254 e. The normalized spacial score (nSPS) is 21.3. The molecule has 3 atom stereocenters. The highest BCUT2D eigenvalue weighted by Gasteiger charge is 2.46. The number of imidazole rings is 1. The topological polar surface area (TPSA) is 90.1 Å². The lowest BCUT2D eigenvalue weighted by Gasteiger charge is -2.27. The van der Waals surface area contributed by atoms with Crippen molar-refractivity contribution in [1.82, 2.24) is 29.0 Å². The van der Waals surface area contributed by atoms with Crippen LogP contribution in [0.4, 0.5) is 11.5 Å². The number of aryl methyl sites for hydroxylation is 2. The Morgan fingerprint density at radius 1 is 1.07 bits per heavy atom. The van der Waals surface area contributed by atoms with Gasteiger partial charge in [-0.15, -0.1) is 0 Å². The molecule has 1 N–H and O–H groups in total. The maximum absolute atomic E-state index is 13.8.